The highest BCUT2D eigenvalue weighted by Crippen LogP contribution is 2.38. The van der Waals surface area contributed by atoms with E-state index in [2.05, 4.69) is 65.6 Å². The SMILES string of the molecule is CNC(c1ccc(C(C)(C)C)s1)c1sccc1Br. The fraction of sp³-hybridized carbons (Fsp3) is 0.429. The Hall–Kier alpha value is -0.160. The van der Waals surface area contributed by atoms with Crippen LogP contribution < -0.4 is 5.32 Å². The van der Waals surface area contributed by atoms with E-state index in [4.69, 9.17) is 0 Å². The van der Waals surface area contributed by atoms with Crippen LogP contribution in [0.15, 0.2) is 28.1 Å². The van der Waals surface area contributed by atoms with Crippen molar-refractivity contribution in [1.29, 1.82) is 0 Å². The summed E-state index contributed by atoms with van der Waals surface area (Å²) in [6.07, 6.45) is 0. The molecule has 4 heteroatoms. The molecule has 0 saturated heterocycles. The molecule has 0 aliphatic carbocycles. The molecule has 2 heterocycles. The van der Waals surface area contributed by atoms with Crippen LogP contribution in [0.5, 0.6) is 0 Å². The fourth-order valence-corrected chi connectivity index (χ4v) is 4.81. The summed E-state index contributed by atoms with van der Waals surface area (Å²) in [6, 6.07) is 6.91. The van der Waals surface area contributed by atoms with Crippen LogP contribution in [0.1, 0.15) is 41.4 Å². The predicted octanol–water partition coefficient (Wildman–Crippen LogP) is 5.18. The molecule has 1 atom stereocenters. The summed E-state index contributed by atoms with van der Waals surface area (Å²) in [4.78, 5) is 4.16. The molecule has 0 aliphatic heterocycles. The van der Waals surface area contributed by atoms with E-state index in [1.54, 1.807) is 11.3 Å². The Morgan fingerprint density at radius 2 is 1.94 bits per heavy atom. The second-order valence-corrected chi connectivity index (χ2v) is 8.22. The van der Waals surface area contributed by atoms with Crippen LogP contribution in [-0.2, 0) is 5.41 Å². The third kappa shape index (κ3) is 2.87. The molecule has 98 valence electrons. The second-order valence-electron chi connectivity index (χ2n) is 5.31. The molecule has 2 aromatic rings. The first-order valence-corrected chi connectivity index (χ1v) is 8.42. The maximum atomic E-state index is 3.63. The maximum absolute atomic E-state index is 3.63. The van der Waals surface area contributed by atoms with Crippen LogP contribution in [0, 0.1) is 0 Å². The van der Waals surface area contributed by atoms with Gasteiger partial charge in [-0.2, -0.15) is 0 Å². The lowest BCUT2D eigenvalue weighted by Gasteiger charge is -2.17. The maximum Gasteiger partial charge on any atom is 0.0773 e. The topological polar surface area (TPSA) is 12.0 Å². The number of halogens is 1. The standard InChI is InChI=1S/C14H18BrNS2/c1-14(2,3)11-6-5-10(18-11)12(16-4)13-9(15)7-8-17-13/h5-8,12,16H,1-4H3. The number of nitrogens with one attached hydrogen (secondary N) is 1. The smallest absolute Gasteiger partial charge is 0.0773 e. The van der Waals surface area contributed by atoms with Crippen molar-refractivity contribution in [2.45, 2.75) is 32.2 Å². The van der Waals surface area contributed by atoms with E-state index >= 15 is 0 Å². The van der Waals surface area contributed by atoms with Gasteiger partial charge in [0.1, 0.15) is 0 Å². The average Bonchev–Trinajstić information content (AvgIpc) is 2.89. The Morgan fingerprint density at radius 1 is 1.22 bits per heavy atom. The molecule has 1 nitrogen and oxygen atoms in total. The third-order valence-electron chi connectivity index (χ3n) is 2.85. The van der Waals surface area contributed by atoms with Gasteiger partial charge in [-0.05, 0) is 52.0 Å². The minimum atomic E-state index is 0.230. The molecule has 1 unspecified atom stereocenters. The molecule has 1 N–H and O–H groups in total. The molecule has 0 spiro atoms. The van der Waals surface area contributed by atoms with Gasteiger partial charge in [-0.15, -0.1) is 22.7 Å². The average molecular weight is 344 g/mol. The molecule has 18 heavy (non-hydrogen) atoms. The number of rotatable bonds is 3. The van der Waals surface area contributed by atoms with Gasteiger partial charge in [0.05, 0.1) is 6.04 Å². The predicted molar refractivity (Wildman–Crippen MR) is 85.9 cm³/mol. The highest BCUT2D eigenvalue weighted by molar-refractivity contribution is 9.10. The summed E-state index contributed by atoms with van der Waals surface area (Å²) < 4.78 is 1.19. The fourth-order valence-electron chi connectivity index (χ4n) is 1.83. The van der Waals surface area contributed by atoms with Gasteiger partial charge in [0.15, 0.2) is 0 Å². The number of hydrogen-bond donors (Lipinski definition) is 1. The van der Waals surface area contributed by atoms with Gasteiger partial charge < -0.3 is 5.32 Å². The van der Waals surface area contributed by atoms with Gasteiger partial charge in [-0.1, -0.05) is 20.8 Å². The van der Waals surface area contributed by atoms with E-state index in [0.717, 1.165) is 0 Å². The zero-order valence-electron chi connectivity index (χ0n) is 11.1. The third-order valence-corrected chi connectivity index (χ3v) is 6.36. The van der Waals surface area contributed by atoms with Gasteiger partial charge in [0, 0.05) is 19.1 Å². The van der Waals surface area contributed by atoms with Gasteiger partial charge in [0.25, 0.3) is 0 Å². The van der Waals surface area contributed by atoms with Crippen molar-refractivity contribution < 1.29 is 0 Å². The molecule has 0 amide bonds. The quantitative estimate of drug-likeness (QED) is 0.809. The normalized spacial score (nSPS) is 13.8. The van der Waals surface area contributed by atoms with Crippen LogP contribution in [0.2, 0.25) is 0 Å². The Morgan fingerprint density at radius 3 is 2.39 bits per heavy atom. The van der Waals surface area contributed by atoms with E-state index in [-0.39, 0.29) is 5.41 Å². The Kier molecular flexibility index (Phi) is 4.32. The molecule has 2 aromatic heterocycles. The zero-order valence-corrected chi connectivity index (χ0v) is 14.3. The Labute approximate surface area is 125 Å². The van der Waals surface area contributed by atoms with Crippen LogP contribution in [0.4, 0.5) is 0 Å². The summed E-state index contributed by atoms with van der Waals surface area (Å²) >= 11 is 7.32. The van der Waals surface area contributed by atoms with Crippen LogP contribution in [0.25, 0.3) is 0 Å². The van der Waals surface area contributed by atoms with E-state index in [9.17, 15) is 0 Å². The molecule has 0 aliphatic rings. The lowest BCUT2D eigenvalue weighted by Crippen LogP contribution is -2.15. The molecular weight excluding hydrogens is 326 g/mol. The summed E-state index contributed by atoms with van der Waals surface area (Å²) in [5, 5.41) is 5.54. The van der Waals surface area contributed by atoms with Crippen molar-refractivity contribution in [1.82, 2.24) is 5.32 Å². The minimum absolute atomic E-state index is 0.230. The second kappa shape index (κ2) is 5.45. The van der Waals surface area contributed by atoms with Crippen molar-refractivity contribution in [3.05, 3.63) is 42.7 Å². The molecule has 0 radical (unpaired) electrons. The monoisotopic (exact) mass is 343 g/mol. The van der Waals surface area contributed by atoms with Crippen molar-refractivity contribution in [2.24, 2.45) is 0 Å². The van der Waals surface area contributed by atoms with Crippen molar-refractivity contribution >= 4 is 38.6 Å². The first-order valence-electron chi connectivity index (χ1n) is 5.94. The van der Waals surface area contributed by atoms with Crippen molar-refractivity contribution in [3.8, 4) is 0 Å². The highest BCUT2D eigenvalue weighted by Gasteiger charge is 2.21. The summed E-state index contributed by atoms with van der Waals surface area (Å²) in [5.41, 5.74) is 0.230. The van der Waals surface area contributed by atoms with Crippen LogP contribution in [-0.4, -0.2) is 7.05 Å². The molecule has 0 fully saturated rings. The van der Waals surface area contributed by atoms with E-state index in [1.807, 2.05) is 18.4 Å². The molecule has 0 aromatic carbocycles. The lowest BCUT2D eigenvalue weighted by atomic mass is 9.95. The van der Waals surface area contributed by atoms with Gasteiger partial charge in [0.2, 0.25) is 0 Å². The first-order chi connectivity index (χ1) is 8.43. The molecule has 0 saturated carbocycles. The van der Waals surface area contributed by atoms with Gasteiger partial charge >= 0.3 is 0 Å². The number of thiophene rings is 2. The minimum Gasteiger partial charge on any atom is -0.308 e. The van der Waals surface area contributed by atoms with Gasteiger partial charge in [-0.3, -0.25) is 0 Å². The zero-order chi connectivity index (χ0) is 13.3. The summed E-state index contributed by atoms with van der Waals surface area (Å²) in [6.45, 7) is 6.79. The number of hydrogen-bond acceptors (Lipinski definition) is 3. The summed E-state index contributed by atoms with van der Waals surface area (Å²) in [7, 11) is 2.02. The first kappa shape index (κ1) is 14.3. The summed E-state index contributed by atoms with van der Waals surface area (Å²) in [5.74, 6) is 0. The van der Waals surface area contributed by atoms with Gasteiger partial charge in [-0.25, -0.2) is 0 Å². The lowest BCUT2D eigenvalue weighted by molar-refractivity contribution is 0.604. The van der Waals surface area contributed by atoms with Crippen LogP contribution in [0.3, 0.4) is 0 Å². The van der Waals surface area contributed by atoms with E-state index < -0.39 is 0 Å². The molecule has 2 rings (SSSR count). The van der Waals surface area contributed by atoms with Crippen molar-refractivity contribution in [2.75, 3.05) is 7.05 Å². The Bertz CT molecular complexity index is 522. The Balaban J connectivity index is 2.35. The van der Waals surface area contributed by atoms with E-state index in [1.165, 1.54) is 19.1 Å². The largest absolute Gasteiger partial charge is 0.308 e. The highest BCUT2D eigenvalue weighted by atomic mass is 79.9. The molecular formula is C14H18BrNS2. The van der Waals surface area contributed by atoms with E-state index in [0.29, 0.717) is 6.04 Å². The van der Waals surface area contributed by atoms with Crippen molar-refractivity contribution in [3.63, 3.8) is 0 Å². The molecule has 0 bridgehead atoms. The van der Waals surface area contributed by atoms with Crippen LogP contribution >= 0.6 is 38.6 Å².